The fourth-order valence-corrected chi connectivity index (χ4v) is 0.724. The summed E-state index contributed by atoms with van der Waals surface area (Å²) in [5.41, 5.74) is 0. The van der Waals surface area contributed by atoms with Gasteiger partial charge in [0.25, 0.3) is 5.79 Å². The molecule has 0 fully saturated rings. The minimum atomic E-state index is -1.65. The molecule has 0 saturated heterocycles. The number of rotatable bonds is 5. The Morgan fingerprint density at radius 3 is 1.92 bits per heavy atom. The first-order valence-corrected chi connectivity index (χ1v) is 3.16. The van der Waals surface area contributed by atoms with Gasteiger partial charge in [-0.25, -0.2) is 0 Å². The second kappa shape index (κ2) is 4.74. The molecular formula is C7H12O5. The van der Waals surface area contributed by atoms with Gasteiger partial charge in [-0.1, -0.05) is 0 Å². The first kappa shape index (κ1) is 10.9. The molecule has 0 aliphatic heterocycles. The van der Waals surface area contributed by atoms with Crippen molar-refractivity contribution in [1.29, 1.82) is 0 Å². The molecule has 1 N–H and O–H groups in total. The van der Waals surface area contributed by atoms with Crippen LogP contribution in [0.25, 0.3) is 0 Å². The fourth-order valence-electron chi connectivity index (χ4n) is 0.724. The van der Waals surface area contributed by atoms with Crippen molar-refractivity contribution in [3.05, 3.63) is 12.0 Å². The van der Waals surface area contributed by atoms with Crippen molar-refractivity contribution in [3.8, 4) is 0 Å². The molecule has 0 saturated carbocycles. The van der Waals surface area contributed by atoms with Gasteiger partial charge in [0.15, 0.2) is 12.0 Å². The van der Waals surface area contributed by atoms with E-state index in [9.17, 15) is 4.79 Å². The molecule has 0 aliphatic carbocycles. The van der Waals surface area contributed by atoms with Gasteiger partial charge in [-0.2, -0.15) is 0 Å². The Morgan fingerprint density at radius 2 is 1.83 bits per heavy atom. The van der Waals surface area contributed by atoms with E-state index in [0.29, 0.717) is 12.5 Å². The van der Waals surface area contributed by atoms with Crippen molar-refractivity contribution < 1.29 is 24.1 Å². The zero-order valence-electron chi connectivity index (χ0n) is 7.23. The SMILES string of the molecule is COC(=CO)C(C=O)(OC)OC. The Kier molecular flexibility index (Phi) is 4.31. The maximum atomic E-state index is 10.6. The number of ether oxygens (including phenoxy) is 3. The zero-order valence-corrected chi connectivity index (χ0v) is 7.23. The summed E-state index contributed by atoms with van der Waals surface area (Å²) in [6, 6.07) is 0. The van der Waals surface area contributed by atoms with E-state index in [2.05, 4.69) is 4.74 Å². The van der Waals surface area contributed by atoms with Gasteiger partial charge in [-0.05, 0) is 0 Å². The van der Waals surface area contributed by atoms with Crippen LogP contribution in [0.3, 0.4) is 0 Å². The Labute approximate surface area is 70.5 Å². The average molecular weight is 176 g/mol. The van der Waals surface area contributed by atoms with E-state index in [1.807, 2.05) is 0 Å². The molecule has 5 heteroatoms. The number of aliphatic hydroxyl groups is 1. The summed E-state index contributed by atoms with van der Waals surface area (Å²) < 4.78 is 14.1. The molecule has 0 bridgehead atoms. The molecule has 0 aromatic rings. The number of carbonyl (C=O) groups is 1. The summed E-state index contributed by atoms with van der Waals surface area (Å²) in [5.74, 6) is -1.76. The molecule has 0 radical (unpaired) electrons. The summed E-state index contributed by atoms with van der Waals surface area (Å²) in [4.78, 5) is 10.6. The average Bonchev–Trinajstić information content (AvgIpc) is 2.14. The molecule has 0 unspecified atom stereocenters. The fraction of sp³-hybridized carbons (Fsp3) is 0.571. The third-order valence-electron chi connectivity index (χ3n) is 1.44. The lowest BCUT2D eigenvalue weighted by molar-refractivity contribution is -0.192. The summed E-state index contributed by atoms with van der Waals surface area (Å²) in [5, 5.41) is 8.65. The van der Waals surface area contributed by atoms with Crippen molar-refractivity contribution in [2.45, 2.75) is 5.79 Å². The predicted octanol–water partition coefficient (Wildman–Crippen LogP) is 0.220. The highest BCUT2D eigenvalue weighted by atomic mass is 16.7. The maximum Gasteiger partial charge on any atom is 0.288 e. The van der Waals surface area contributed by atoms with E-state index in [0.717, 1.165) is 0 Å². The summed E-state index contributed by atoms with van der Waals surface area (Å²) in [7, 11) is 3.82. The van der Waals surface area contributed by atoms with Crippen molar-refractivity contribution in [2.24, 2.45) is 0 Å². The Balaban J connectivity index is 4.80. The molecular weight excluding hydrogens is 164 g/mol. The van der Waals surface area contributed by atoms with Gasteiger partial charge in [0.2, 0.25) is 0 Å². The van der Waals surface area contributed by atoms with Gasteiger partial charge in [-0.3, -0.25) is 4.79 Å². The van der Waals surface area contributed by atoms with Gasteiger partial charge < -0.3 is 19.3 Å². The van der Waals surface area contributed by atoms with Crippen molar-refractivity contribution >= 4 is 6.29 Å². The third-order valence-corrected chi connectivity index (χ3v) is 1.44. The van der Waals surface area contributed by atoms with Crippen molar-refractivity contribution in [2.75, 3.05) is 21.3 Å². The van der Waals surface area contributed by atoms with Crippen LogP contribution < -0.4 is 0 Å². The van der Waals surface area contributed by atoms with Crippen molar-refractivity contribution in [1.82, 2.24) is 0 Å². The molecule has 0 spiro atoms. The maximum absolute atomic E-state index is 10.6. The van der Waals surface area contributed by atoms with Crippen LogP contribution in [0, 0.1) is 0 Å². The largest absolute Gasteiger partial charge is 0.512 e. The molecule has 0 rings (SSSR count). The van der Waals surface area contributed by atoms with E-state index in [-0.39, 0.29) is 5.76 Å². The molecule has 0 aliphatic rings. The lowest BCUT2D eigenvalue weighted by atomic mass is 10.2. The first-order valence-electron chi connectivity index (χ1n) is 3.16. The minimum Gasteiger partial charge on any atom is -0.512 e. The third kappa shape index (κ3) is 1.75. The van der Waals surface area contributed by atoms with Gasteiger partial charge in [0.1, 0.15) is 6.26 Å². The Hall–Kier alpha value is -1.07. The van der Waals surface area contributed by atoms with Crippen LogP contribution in [0.4, 0.5) is 0 Å². The Morgan fingerprint density at radius 1 is 1.33 bits per heavy atom. The van der Waals surface area contributed by atoms with Crippen LogP contribution in [-0.4, -0.2) is 38.5 Å². The van der Waals surface area contributed by atoms with E-state index >= 15 is 0 Å². The molecule has 5 nitrogen and oxygen atoms in total. The molecule has 70 valence electrons. The number of aldehydes is 1. The van der Waals surface area contributed by atoms with E-state index in [4.69, 9.17) is 14.6 Å². The highest BCUT2D eigenvalue weighted by Gasteiger charge is 2.36. The lowest BCUT2D eigenvalue weighted by Gasteiger charge is -2.24. The van der Waals surface area contributed by atoms with E-state index < -0.39 is 5.79 Å². The van der Waals surface area contributed by atoms with Crippen LogP contribution in [0.15, 0.2) is 12.0 Å². The molecule has 0 heterocycles. The van der Waals surface area contributed by atoms with Gasteiger partial charge in [0, 0.05) is 14.2 Å². The molecule has 0 atom stereocenters. The van der Waals surface area contributed by atoms with Crippen LogP contribution in [0.5, 0.6) is 0 Å². The topological polar surface area (TPSA) is 65.0 Å². The van der Waals surface area contributed by atoms with Crippen LogP contribution in [0.1, 0.15) is 0 Å². The van der Waals surface area contributed by atoms with Crippen LogP contribution in [-0.2, 0) is 19.0 Å². The summed E-state index contributed by atoms with van der Waals surface area (Å²) in [6.07, 6.45) is 1.000. The monoisotopic (exact) mass is 176 g/mol. The molecule has 0 amide bonds. The van der Waals surface area contributed by atoms with E-state index in [1.165, 1.54) is 21.3 Å². The number of methoxy groups -OCH3 is 3. The summed E-state index contributed by atoms with van der Waals surface area (Å²) >= 11 is 0. The molecule has 0 aromatic heterocycles. The minimum absolute atomic E-state index is 0.109. The normalized spacial score (nSPS) is 12.8. The van der Waals surface area contributed by atoms with Gasteiger partial charge in [-0.15, -0.1) is 0 Å². The van der Waals surface area contributed by atoms with Gasteiger partial charge in [0.05, 0.1) is 7.11 Å². The van der Waals surface area contributed by atoms with Gasteiger partial charge >= 0.3 is 0 Å². The zero-order chi connectivity index (χ0) is 9.61. The summed E-state index contributed by atoms with van der Waals surface area (Å²) in [6.45, 7) is 0. The molecule has 12 heavy (non-hydrogen) atoms. The predicted molar refractivity (Wildman–Crippen MR) is 40.5 cm³/mol. The second-order valence-electron chi connectivity index (χ2n) is 1.89. The number of carbonyl (C=O) groups excluding carboxylic acids is 1. The number of hydrogen-bond acceptors (Lipinski definition) is 5. The highest BCUT2D eigenvalue weighted by molar-refractivity contribution is 5.65. The number of hydrogen-bond donors (Lipinski definition) is 1. The Bertz CT molecular complexity index is 171. The second-order valence-corrected chi connectivity index (χ2v) is 1.89. The molecule has 0 aromatic carbocycles. The van der Waals surface area contributed by atoms with Crippen molar-refractivity contribution in [3.63, 3.8) is 0 Å². The van der Waals surface area contributed by atoms with E-state index in [1.54, 1.807) is 0 Å². The first-order chi connectivity index (χ1) is 5.70. The number of aliphatic hydroxyl groups excluding tert-OH is 1. The quantitative estimate of drug-likeness (QED) is 0.369. The standard InChI is InChI=1S/C7H12O5/c1-10-6(4-8)7(5-9,11-2)12-3/h4-5,8H,1-3H3. The van der Waals surface area contributed by atoms with Crippen LogP contribution >= 0.6 is 0 Å². The smallest absolute Gasteiger partial charge is 0.288 e. The lowest BCUT2D eigenvalue weighted by Crippen LogP contribution is -2.38. The highest BCUT2D eigenvalue weighted by Crippen LogP contribution is 2.19. The van der Waals surface area contributed by atoms with Crippen LogP contribution in [0.2, 0.25) is 0 Å².